The van der Waals surface area contributed by atoms with E-state index in [4.69, 9.17) is 4.74 Å². The molecule has 0 aromatic heterocycles. The van der Waals surface area contributed by atoms with Gasteiger partial charge in [0.1, 0.15) is 5.75 Å². The molecule has 3 nitrogen and oxygen atoms in total. The van der Waals surface area contributed by atoms with E-state index in [2.05, 4.69) is 28.4 Å². The maximum absolute atomic E-state index is 5.66. The Morgan fingerprint density at radius 1 is 1.20 bits per heavy atom. The van der Waals surface area contributed by atoms with Crippen molar-refractivity contribution in [2.45, 2.75) is 31.7 Å². The van der Waals surface area contributed by atoms with E-state index in [1.807, 2.05) is 0 Å². The van der Waals surface area contributed by atoms with Crippen LogP contribution in [0.3, 0.4) is 0 Å². The van der Waals surface area contributed by atoms with Gasteiger partial charge >= 0.3 is 0 Å². The maximum atomic E-state index is 5.66. The van der Waals surface area contributed by atoms with Crippen molar-refractivity contribution in [3.8, 4) is 5.75 Å². The average molecular weight is 272 g/mol. The monoisotopic (exact) mass is 272 g/mol. The van der Waals surface area contributed by atoms with Crippen molar-refractivity contribution in [3.05, 3.63) is 29.3 Å². The van der Waals surface area contributed by atoms with Crippen LogP contribution in [0.15, 0.2) is 18.2 Å². The van der Waals surface area contributed by atoms with Gasteiger partial charge in [-0.15, -0.1) is 0 Å². The first-order valence-electron chi connectivity index (χ1n) is 8.12. The molecule has 4 rings (SSSR count). The van der Waals surface area contributed by atoms with Crippen LogP contribution in [0.4, 0.5) is 0 Å². The lowest BCUT2D eigenvalue weighted by molar-refractivity contribution is 0.0837. The van der Waals surface area contributed by atoms with Gasteiger partial charge in [-0.1, -0.05) is 18.6 Å². The molecule has 2 fully saturated rings. The van der Waals surface area contributed by atoms with Crippen LogP contribution in [-0.2, 0) is 6.42 Å². The van der Waals surface area contributed by atoms with Gasteiger partial charge in [0.05, 0.1) is 6.61 Å². The fourth-order valence-corrected chi connectivity index (χ4v) is 3.89. The van der Waals surface area contributed by atoms with Gasteiger partial charge in [0.25, 0.3) is 0 Å². The molecule has 0 unspecified atom stereocenters. The Hall–Kier alpha value is -1.06. The van der Waals surface area contributed by atoms with Crippen LogP contribution in [-0.4, -0.2) is 37.7 Å². The molecule has 3 aliphatic rings. The minimum absolute atomic E-state index is 0.636. The third-order valence-corrected chi connectivity index (χ3v) is 5.20. The number of piperazine rings is 1. The first kappa shape index (κ1) is 12.7. The van der Waals surface area contributed by atoms with Crippen molar-refractivity contribution < 1.29 is 4.74 Å². The number of hydrogen-bond acceptors (Lipinski definition) is 3. The summed E-state index contributed by atoms with van der Waals surface area (Å²) < 4.78 is 5.66. The van der Waals surface area contributed by atoms with Gasteiger partial charge < -0.3 is 10.1 Å². The molecule has 0 amide bonds. The first-order valence-corrected chi connectivity index (χ1v) is 8.12. The van der Waals surface area contributed by atoms with Crippen LogP contribution >= 0.6 is 0 Å². The van der Waals surface area contributed by atoms with Crippen molar-refractivity contribution in [3.63, 3.8) is 0 Å². The SMILES string of the molecule is c1cc2c(cc1[C@H](C1CCC1)N1CCNCC1)CCO2. The molecule has 1 N–H and O–H groups in total. The van der Waals surface area contributed by atoms with Gasteiger partial charge in [-0.3, -0.25) is 4.90 Å². The number of benzene rings is 1. The topological polar surface area (TPSA) is 24.5 Å². The Morgan fingerprint density at radius 2 is 2.05 bits per heavy atom. The van der Waals surface area contributed by atoms with Crippen molar-refractivity contribution in [1.82, 2.24) is 10.2 Å². The number of hydrogen-bond donors (Lipinski definition) is 1. The highest BCUT2D eigenvalue weighted by molar-refractivity contribution is 5.41. The van der Waals surface area contributed by atoms with Gasteiger partial charge in [-0.2, -0.15) is 0 Å². The van der Waals surface area contributed by atoms with Gasteiger partial charge in [-0.05, 0) is 36.0 Å². The molecule has 2 aliphatic heterocycles. The summed E-state index contributed by atoms with van der Waals surface area (Å²) in [5, 5.41) is 3.48. The predicted molar refractivity (Wildman–Crippen MR) is 80.2 cm³/mol. The Morgan fingerprint density at radius 3 is 2.80 bits per heavy atom. The molecule has 0 bridgehead atoms. The quantitative estimate of drug-likeness (QED) is 0.914. The summed E-state index contributed by atoms with van der Waals surface area (Å²) in [6, 6.07) is 7.57. The molecular formula is C17H24N2O. The molecule has 1 saturated carbocycles. The zero-order valence-corrected chi connectivity index (χ0v) is 12.1. The van der Waals surface area contributed by atoms with Gasteiger partial charge in [0, 0.05) is 38.6 Å². The summed E-state index contributed by atoms with van der Waals surface area (Å²) in [6.45, 7) is 5.51. The van der Waals surface area contributed by atoms with Crippen molar-refractivity contribution in [1.29, 1.82) is 0 Å². The van der Waals surface area contributed by atoms with Gasteiger partial charge in [-0.25, -0.2) is 0 Å². The molecule has 1 atom stereocenters. The van der Waals surface area contributed by atoms with Crippen LogP contribution in [0.1, 0.15) is 36.4 Å². The highest BCUT2D eigenvalue weighted by Gasteiger charge is 2.34. The zero-order chi connectivity index (χ0) is 13.4. The third kappa shape index (κ3) is 2.23. The minimum Gasteiger partial charge on any atom is -0.493 e. The standard InChI is InChI=1S/C17H24N2O/c1-2-13(3-1)17(19-9-7-18-8-10-19)15-4-5-16-14(12-15)6-11-20-16/h4-5,12-13,17-18H,1-3,6-11H2/t17-/m0/s1. The van der Waals surface area contributed by atoms with Crippen LogP contribution < -0.4 is 10.1 Å². The van der Waals surface area contributed by atoms with E-state index in [1.54, 1.807) is 0 Å². The molecule has 20 heavy (non-hydrogen) atoms. The van der Waals surface area contributed by atoms with Crippen LogP contribution in [0, 0.1) is 5.92 Å². The second-order valence-corrected chi connectivity index (χ2v) is 6.39. The fourth-order valence-electron chi connectivity index (χ4n) is 3.89. The number of rotatable bonds is 3. The molecule has 1 saturated heterocycles. The molecule has 2 heterocycles. The normalized spacial score (nSPS) is 24.8. The number of ether oxygens (including phenoxy) is 1. The Balaban J connectivity index is 1.63. The molecule has 1 aliphatic carbocycles. The molecule has 1 aromatic carbocycles. The summed E-state index contributed by atoms with van der Waals surface area (Å²) in [6.07, 6.45) is 5.31. The summed E-state index contributed by atoms with van der Waals surface area (Å²) in [5.41, 5.74) is 2.95. The van der Waals surface area contributed by atoms with Crippen LogP contribution in [0.5, 0.6) is 5.75 Å². The van der Waals surface area contributed by atoms with Crippen LogP contribution in [0.2, 0.25) is 0 Å². The van der Waals surface area contributed by atoms with Crippen LogP contribution in [0.25, 0.3) is 0 Å². The van der Waals surface area contributed by atoms with Gasteiger partial charge in [0.15, 0.2) is 0 Å². The molecule has 108 valence electrons. The lowest BCUT2D eigenvalue weighted by Crippen LogP contribution is -2.47. The smallest absolute Gasteiger partial charge is 0.122 e. The molecule has 1 aromatic rings. The van der Waals surface area contributed by atoms with Crippen molar-refractivity contribution in [2.24, 2.45) is 5.92 Å². The fraction of sp³-hybridized carbons (Fsp3) is 0.647. The molecule has 0 spiro atoms. The lowest BCUT2D eigenvalue weighted by atomic mass is 9.76. The number of nitrogens with zero attached hydrogens (tertiary/aromatic N) is 1. The lowest BCUT2D eigenvalue weighted by Gasteiger charge is -2.43. The molecule has 0 radical (unpaired) electrons. The van der Waals surface area contributed by atoms with E-state index in [0.717, 1.165) is 37.8 Å². The summed E-state index contributed by atoms with van der Waals surface area (Å²) in [7, 11) is 0. The number of fused-ring (bicyclic) bond motifs is 1. The van der Waals surface area contributed by atoms with E-state index in [0.29, 0.717) is 6.04 Å². The van der Waals surface area contributed by atoms with Crippen molar-refractivity contribution in [2.75, 3.05) is 32.8 Å². The average Bonchev–Trinajstić information content (AvgIpc) is 2.91. The molecular weight excluding hydrogens is 248 g/mol. The maximum Gasteiger partial charge on any atom is 0.122 e. The van der Waals surface area contributed by atoms with E-state index < -0.39 is 0 Å². The second kappa shape index (κ2) is 5.38. The minimum atomic E-state index is 0.636. The Kier molecular flexibility index (Phi) is 3.41. The molecule has 3 heteroatoms. The third-order valence-electron chi connectivity index (χ3n) is 5.20. The Labute approximate surface area is 121 Å². The Bertz CT molecular complexity index is 478. The first-order chi connectivity index (χ1) is 9.92. The van der Waals surface area contributed by atoms with E-state index >= 15 is 0 Å². The number of nitrogens with one attached hydrogen (secondary N) is 1. The van der Waals surface area contributed by atoms with Crippen molar-refractivity contribution >= 4 is 0 Å². The predicted octanol–water partition coefficient (Wildman–Crippen LogP) is 2.37. The summed E-state index contributed by atoms with van der Waals surface area (Å²) in [4.78, 5) is 2.71. The second-order valence-electron chi connectivity index (χ2n) is 6.39. The largest absolute Gasteiger partial charge is 0.493 e. The highest BCUT2D eigenvalue weighted by atomic mass is 16.5. The van der Waals surface area contributed by atoms with Gasteiger partial charge in [0.2, 0.25) is 0 Å². The summed E-state index contributed by atoms with van der Waals surface area (Å²) in [5.74, 6) is 1.98. The highest BCUT2D eigenvalue weighted by Crippen LogP contribution is 2.42. The van der Waals surface area contributed by atoms with E-state index in [1.165, 1.54) is 43.5 Å². The summed E-state index contributed by atoms with van der Waals surface area (Å²) >= 11 is 0. The zero-order valence-electron chi connectivity index (χ0n) is 12.1. The van der Waals surface area contributed by atoms with E-state index in [-0.39, 0.29) is 0 Å². The van der Waals surface area contributed by atoms with E-state index in [9.17, 15) is 0 Å².